The number of aromatic nitrogens is 1. The Labute approximate surface area is 90.5 Å². The quantitative estimate of drug-likeness (QED) is 0.720. The standard InChI is InChI=1S/C12H18N2O/c1-12(15,8-10-2-3-10)14-9-11-4-6-13-7-5-11/h4-7,10,14-15H,2-3,8-9H2,1H3. The van der Waals surface area contributed by atoms with Crippen LogP contribution in [-0.2, 0) is 6.54 Å². The summed E-state index contributed by atoms with van der Waals surface area (Å²) >= 11 is 0. The highest BCUT2D eigenvalue weighted by molar-refractivity contribution is 5.09. The zero-order valence-electron chi connectivity index (χ0n) is 9.11. The van der Waals surface area contributed by atoms with Crippen molar-refractivity contribution in [2.75, 3.05) is 0 Å². The maximum atomic E-state index is 10.1. The molecular formula is C12H18N2O. The number of aliphatic hydroxyl groups is 1. The van der Waals surface area contributed by atoms with Gasteiger partial charge < -0.3 is 5.11 Å². The molecule has 1 aromatic heterocycles. The Kier molecular flexibility index (Phi) is 3.03. The highest BCUT2D eigenvalue weighted by Crippen LogP contribution is 2.35. The summed E-state index contributed by atoms with van der Waals surface area (Å²) in [4.78, 5) is 3.96. The van der Waals surface area contributed by atoms with Gasteiger partial charge in [-0.3, -0.25) is 10.3 Å². The van der Waals surface area contributed by atoms with E-state index in [1.807, 2.05) is 19.1 Å². The first-order valence-electron chi connectivity index (χ1n) is 5.52. The van der Waals surface area contributed by atoms with E-state index in [0.717, 1.165) is 17.9 Å². The molecule has 0 saturated heterocycles. The molecule has 0 bridgehead atoms. The zero-order chi connectivity index (χ0) is 10.7. The van der Waals surface area contributed by atoms with Gasteiger partial charge in [0.05, 0.1) is 0 Å². The van der Waals surface area contributed by atoms with E-state index < -0.39 is 5.72 Å². The molecule has 0 aliphatic heterocycles. The molecule has 2 N–H and O–H groups in total. The van der Waals surface area contributed by atoms with Crippen LogP contribution in [-0.4, -0.2) is 15.8 Å². The highest BCUT2D eigenvalue weighted by atomic mass is 16.3. The largest absolute Gasteiger partial charge is 0.376 e. The summed E-state index contributed by atoms with van der Waals surface area (Å²) < 4.78 is 0. The smallest absolute Gasteiger partial charge is 0.113 e. The van der Waals surface area contributed by atoms with Gasteiger partial charge in [-0.05, 0) is 37.0 Å². The summed E-state index contributed by atoms with van der Waals surface area (Å²) in [6.45, 7) is 2.55. The molecular weight excluding hydrogens is 188 g/mol. The highest BCUT2D eigenvalue weighted by Gasteiger charge is 2.31. The van der Waals surface area contributed by atoms with Gasteiger partial charge in [0.15, 0.2) is 0 Å². The van der Waals surface area contributed by atoms with E-state index in [1.165, 1.54) is 12.8 Å². The summed E-state index contributed by atoms with van der Waals surface area (Å²) in [7, 11) is 0. The van der Waals surface area contributed by atoms with Crippen LogP contribution >= 0.6 is 0 Å². The van der Waals surface area contributed by atoms with E-state index in [-0.39, 0.29) is 0 Å². The van der Waals surface area contributed by atoms with E-state index in [2.05, 4.69) is 10.3 Å². The van der Waals surface area contributed by atoms with Gasteiger partial charge in [-0.25, -0.2) is 0 Å². The second-order valence-corrected chi connectivity index (χ2v) is 4.63. The van der Waals surface area contributed by atoms with Gasteiger partial charge in [0, 0.05) is 18.9 Å². The van der Waals surface area contributed by atoms with Crippen molar-refractivity contribution in [3.63, 3.8) is 0 Å². The minimum absolute atomic E-state index is 0.697. The van der Waals surface area contributed by atoms with Gasteiger partial charge in [-0.2, -0.15) is 0 Å². The number of rotatable bonds is 5. The SMILES string of the molecule is CC(O)(CC1CC1)NCc1ccncc1. The predicted molar refractivity (Wildman–Crippen MR) is 59.0 cm³/mol. The van der Waals surface area contributed by atoms with Gasteiger partial charge in [-0.15, -0.1) is 0 Å². The molecule has 1 atom stereocenters. The first kappa shape index (κ1) is 10.6. The van der Waals surface area contributed by atoms with Gasteiger partial charge in [0.25, 0.3) is 0 Å². The monoisotopic (exact) mass is 206 g/mol. The summed E-state index contributed by atoms with van der Waals surface area (Å²) in [6.07, 6.45) is 6.94. The molecule has 1 aliphatic rings. The molecule has 1 fully saturated rings. The second-order valence-electron chi connectivity index (χ2n) is 4.63. The van der Waals surface area contributed by atoms with Gasteiger partial charge >= 0.3 is 0 Å². The molecule has 0 aromatic carbocycles. The van der Waals surface area contributed by atoms with Gasteiger partial charge in [0.2, 0.25) is 0 Å². The molecule has 1 aromatic rings. The van der Waals surface area contributed by atoms with E-state index in [4.69, 9.17) is 0 Å². The maximum Gasteiger partial charge on any atom is 0.113 e. The lowest BCUT2D eigenvalue weighted by Gasteiger charge is -2.24. The van der Waals surface area contributed by atoms with Crippen molar-refractivity contribution in [3.8, 4) is 0 Å². The number of hydrogen-bond acceptors (Lipinski definition) is 3. The van der Waals surface area contributed by atoms with Crippen molar-refractivity contribution < 1.29 is 5.11 Å². The fourth-order valence-electron chi connectivity index (χ4n) is 1.75. The molecule has 0 spiro atoms. The third-order valence-electron chi connectivity index (χ3n) is 2.81. The van der Waals surface area contributed by atoms with Crippen LogP contribution < -0.4 is 5.32 Å². The average Bonchev–Trinajstić information content (AvgIpc) is 3.00. The van der Waals surface area contributed by atoms with Gasteiger partial charge in [0.1, 0.15) is 5.72 Å². The van der Waals surface area contributed by atoms with Crippen molar-refractivity contribution in [2.45, 2.75) is 38.5 Å². The van der Waals surface area contributed by atoms with Crippen molar-refractivity contribution in [1.82, 2.24) is 10.3 Å². The minimum atomic E-state index is -0.732. The molecule has 0 radical (unpaired) electrons. The van der Waals surface area contributed by atoms with Crippen LogP contribution in [0.1, 0.15) is 31.7 Å². The normalized spacial score (nSPS) is 19.9. The van der Waals surface area contributed by atoms with Crippen LogP contribution in [0.2, 0.25) is 0 Å². The molecule has 1 heterocycles. The Morgan fingerprint density at radius 3 is 2.73 bits per heavy atom. The van der Waals surface area contributed by atoms with Crippen LogP contribution in [0.15, 0.2) is 24.5 Å². The maximum absolute atomic E-state index is 10.1. The number of hydrogen-bond donors (Lipinski definition) is 2. The summed E-state index contributed by atoms with van der Waals surface area (Å²) in [6, 6.07) is 3.92. The van der Waals surface area contributed by atoms with Crippen LogP contribution in [0.4, 0.5) is 0 Å². The Balaban J connectivity index is 1.81. The molecule has 82 valence electrons. The van der Waals surface area contributed by atoms with E-state index in [9.17, 15) is 5.11 Å². The average molecular weight is 206 g/mol. The summed E-state index contributed by atoms with van der Waals surface area (Å²) in [5, 5.41) is 13.2. The minimum Gasteiger partial charge on any atom is -0.376 e. The van der Waals surface area contributed by atoms with Gasteiger partial charge in [-0.1, -0.05) is 12.8 Å². The van der Waals surface area contributed by atoms with E-state index in [1.54, 1.807) is 12.4 Å². The Morgan fingerprint density at radius 1 is 1.47 bits per heavy atom. The third kappa shape index (κ3) is 3.61. The third-order valence-corrected chi connectivity index (χ3v) is 2.81. The van der Waals surface area contributed by atoms with Crippen molar-refractivity contribution in [1.29, 1.82) is 0 Å². The topological polar surface area (TPSA) is 45.1 Å². The molecule has 1 aliphatic carbocycles. The fraction of sp³-hybridized carbons (Fsp3) is 0.583. The van der Waals surface area contributed by atoms with Crippen molar-refractivity contribution in [3.05, 3.63) is 30.1 Å². The number of nitrogens with one attached hydrogen (secondary N) is 1. The van der Waals surface area contributed by atoms with Crippen LogP contribution in [0.3, 0.4) is 0 Å². The van der Waals surface area contributed by atoms with Crippen molar-refractivity contribution >= 4 is 0 Å². The molecule has 15 heavy (non-hydrogen) atoms. The van der Waals surface area contributed by atoms with Crippen LogP contribution in [0.5, 0.6) is 0 Å². The lowest BCUT2D eigenvalue weighted by Crippen LogP contribution is -2.42. The second kappa shape index (κ2) is 4.29. The number of pyridine rings is 1. The van der Waals surface area contributed by atoms with E-state index in [0.29, 0.717) is 6.54 Å². The van der Waals surface area contributed by atoms with Crippen molar-refractivity contribution in [2.24, 2.45) is 5.92 Å². The lowest BCUT2D eigenvalue weighted by molar-refractivity contribution is 0.00849. The first-order valence-corrected chi connectivity index (χ1v) is 5.52. The predicted octanol–water partition coefficient (Wildman–Crippen LogP) is 1.68. The van der Waals surface area contributed by atoms with Crippen LogP contribution in [0, 0.1) is 5.92 Å². The lowest BCUT2D eigenvalue weighted by atomic mass is 10.1. The van der Waals surface area contributed by atoms with Crippen LogP contribution in [0.25, 0.3) is 0 Å². The number of nitrogens with zero attached hydrogens (tertiary/aromatic N) is 1. The fourth-order valence-corrected chi connectivity index (χ4v) is 1.75. The molecule has 1 unspecified atom stereocenters. The Morgan fingerprint density at radius 2 is 2.13 bits per heavy atom. The molecule has 3 nitrogen and oxygen atoms in total. The summed E-state index contributed by atoms with van der Waals surface area (Å²) in [5.41, 5.74) is 0.422. The van der Waals surface area contributed by atoms with E-state index >= 15 is 0 Å². The summed E-state index contributed by atoms with van der Waals surface area (Å²) in [5.74, 6) is 0.727. The Bertz CT molecular complexity index is 307. The molecule has 0 amide bonds. The molecule has 3 heteroatoms. The first-order chi connectivity index (χ1) is 7.16. The zero-order valence-corrected chi connectivity index (χ0v) is 9.11. The molecule has 1 saturated carbocycles. The molecule has 2 rings (SSSR count). The Hall–Kier alpha value is -0.930.